The molecule has 0 unspecified atom stereocenters. The van der Waals surface area contributed by atoms with E-state index in [1.54, 1.807) is 13.0 Å². The van der Waals surface area contributed by atoms with Gasteiger partial charge in [-0.2, -0.15) is 0 Å². The lowest BCUT2D eigenvalue weighted by molar-refractivity contribution is -0.137. The summed E-state index contributed by atoms with van der Waals surface area (Å²) >= 11 is 0. The maximum absolute atomic E-state index is 10.9. The first kappa shape index (κ1) is 16.7. The molecule has 0 N–H and O–H groups in total. The van der Waals surface area contributed by atoms with E-state index in [1.807, 2.05) is 6.08 Å². The molecule has 0 aliphatic heterocycles. The van der Waals surface area contributed by atoms with Gasteiger partial charge in [-0.25, -0.2) is 4.79 Å². The van der Waals surface area contributed by atoms with Gasteiger partial charge in [-0.05, 0) is 32.6 Å². The maximum Gasteiger partial charge on any atom is 0.330 e. The molecule has 0 saturated heterocycles. The zero-order chi connectivity index (χ0) is 13.5. The van der Waals surface area contributed by atoms with Crippen molar-refractivity contribution in [3.05, 3.63) is 36.5 Å². The van der Waals surface area contributed by atoms with E-state index in [-0.39, 0.29) is 5.97 Å². The van der Waals surface area contributed by atoms with Gasteiger partial charge in [-0.3, -0.25) is 0 Å². The normalized spacial score (nSPS) is 11.9. The van der Waals surface area contributed by atoms with Gasteiger partial charge < -0.3 is 4.74 Å². The van der Waals surface area contributed by atoms with Crippen LogP contribution in [0.15, 0.2) is 36.5 Å². The maximum atomic E-state index is 10.9. The van der Waals surface area contributed by atoms with Gasteiger partial charge in [0.15, 0.2) is 0 Å². The molecule has 0 bridgehead atoms. The van der Waals surface area contributed by atoms with Crippen LogP contribution in [0, 0.1) is 0 Å². The Bertz CT molecular complexity index is 275. The van der Waals surface area contributed by atoms with Gasteiger partial charge >= 0.3 is 5.97 Å². The van der Waals surface area contributed by atoms with Gasteiger partial charge in [0.2, 0.25) is 0 Å². The molecular weight excluding hydrogens is 224 g/mol. The first-order chi connectivity index (χ1) is 8.81. The van der Waals surface area contributed by atoms with Crippen LogP contribution in [0.3, 0.4) is 0 Å². The molecule has 0 saturated carbocycles. The predicted octanol–water partition coefficient (Wildman–Crippen LogP) is 4.58. The molecule has 18 heavy (non-hydrogen) atoms. The molecule has 0 aromatic carbocycles. The summed E-state index contributed by atoms with van der Waals surface area (Å²) in [6.07, 6.45) is 18.8. The van der Waals surface area contributed by atoms with Gasteiger partial charge in [-0.15, -0.1) is 0 Å². The molecule has 0 rings (SSSR count). The van der Waals surface area contributed by atoms with E-state index in [0.29, 0.717) is 6.61 Å². The quantitative estimate of drug-likeness (QED) is 0.186. The van der Waals surface area contributed by atoms with Gasteiger partial charge in [-0.1, -0.05) is 50.1 Å². The second-order valence-corrected chi connectivity index (χ2v) is 4.08. The van der Waals surface area contributed by atoms with Crippen molar-refractivity contribution in [2.24, 2.45) is 0 Å². The van der Waals surface area contributed by atoms with Crippen LogP contribution in [0.1, 0.15) is 52.4 Å². The topological polar surface area (TPSA) is 26.3 Å². The zero-order valence-corrected chi connectivity index (χ0v) is 11.7. The molecule has 0 aromatic heterocycles. The third-order valence-electron chi connectivity index (χ3n) is 2.41. The summed E-state index contributed by atoms with van der Waals surface area (Å²) in [5.41, 5.74) is 0. The van der Waals surface area contributed by atoms with Crippen LogP contribution in [-0.4, -0.2) is 12.6 Å². The number of rotatable bonds is 10. The summed E-state index contributed by atoms with van der Waals surface area (Å²) in [5, 5.41) is 0. The fraction of sp³-hybridized carbons (Fsp3) is 0.562. The minimum atomic E-state index is -0.280. The van der Waals surface area contributed by atoms with Crippen molar-refractivity contribution in [1.82, 2.24) is 0 Å². The average molecular weight is 250 g/mol. The highest BCUT2D eigenvalue weighted by Gasteiger charge is 1.89. The third kappa shape index (κ3) is 12.8. The van der Waals surface area contributed by atoms with E-state index in [0.717, 1.165) is 12.8 Å². The van der Waals surface area contributed by atoms with Crippen molar-refractivity contribution in [1.29, 1.82) is 0 Å². The largest absolute Gasteiger partial charge is 0.463 e. The monoisotopic (exact) mass is 250 g/mol. The molecule has 0 heterocycles. The number of allylic oxidation sites excluding steroid dienone is 5. The van der Waals surface area contributed by atoms with Crippen LogP contribution in [0.2, 0.25) is 0 Å². The lowest BCUT2D eigenvalue weighted by atomic mass is 10.2. The second kappa shape index (κ2) is 13.8. The fourth-order valence-corrected chi connectivity index (χ4v) is 1.44. The van der Waals surface area contributed by atoms with Crippen molar-refractivity contribution in [2.45, 2.75) is 52.4 Å². The van der Waals surface area contributed by atoms with Crippen molar-refractivity contribution >= 4 is 5.97 Å². The summed E-state index contributed by atoms with van der Waals surface area (Å²) in [6.45, 7) is 4.45. The predicted molar refractivity (Wildman–Crippen MR) is 77.4 cm³/mol. The van der Waals surface area contributed by atoms with Crippen molar-refractivity contribution in [3.8, 4) is 0 Å². The first-order valence-electron chi connectivity index (χ1n) is 6.96. The molecule has 0 aliphatic carbocycles. The van der Waals surface area contributed by atoms with Crippen molar-refractivity contribution in [2.75, 3.05) is 6.61 Å². The van der Waals surface area contributed by atoms with Crippen LogP contribution < -0.4 is 0 Å². The number of carbonyl (C=O) groups excluding carboxylic acids is 1. The summed E-state index contributed by atoms with van der Waals surface area (Å²) in [5.74, 6) is -0.280. The summed E-state index contributed by atoms with van der Waals surface area (Å²) in [7, 11) is 0. The molecule has 2 heteroatoms. The summed E-state index contributed by atoms with van der Waals surface area (Å²) in [6, 6.07) is 0. The van der Waals surface area contributed by atoms with Crippen molar-refractivity contribution in [3.63, 3.8) is 0 Å². The molecule has 0 aliphatic rings. The van der Waals surface area contributed by atoms with Gasteiger partial charge in [0.25, 0.3) is 0 Å². The highest BCUT2D eigenvalue weighted by Crippen LogP contribution is 2.01. The molecular formula is C16H26O2. The first-order valence-corrected chi connectivity index (χ1v) is 6.96. The highest BCUT2D eigenvalue weighted by atomic mass is 16.5. The van der Waals surface area contributed by atoms with Gasteiger partial charge in [0.05, 0.1) is 6.61 Å². The smallest absolute Gasteiger partial charge is 0.330 e. The molecule has 0 spiro atoms. The highest BCUT2D eigenvalue weighted by molar-refractivity contribution is 5.82. The molecule has 0 amide bonds. The van der Waals surface area contributed by atoms with Crippen LogP contribution in [-0.2, 0) is 9.53 Å². The number of carbonyl (C=O) groups is 1. The average Bonchev–Trinajstić information content (AvgIpc) is 2.36. The Kier molecular flexibility index (Phi) is 12.8. The number of ether oxygens (including phenoxy) is 1. The van der Waals surface area contributed by atoms with E-state index in [4.69, 9.17) is 4.74 Å². The Labute approximate surface area is 111 Å². The number of hydrogen-bond acceptors (Lipinski definition) is 2. The summed E-state index contributed by atoms with van der Waals surface area (Å²) < 4.78 is 4.76. The van der Waals surface area contributed by atoms with E-state index in [1.165, 1.54) is 31.8 Å². The Hall–Kier alpha value is -1.31. The third-order valence-corrected chi connectivity index (χ3v) is 2.41. The number of esters is 1. The standard InChI is InChI=1S/C16H26O2/c1-3-5-6-7-8-9-10-11-12-13-14-15-16(17)18-4-2/h8-9,12-15H,3-7,10-11H2,1-2H3/b9-8-,13-12+,15-14+. The minimum Gasteiger partial charge on any atom is -0.463 e. The van der Waals surface area contributed by atoms with Crippen molar-refractivity contribution < 1.29 is 9.53 Å². The number of unbranched alkanes of at least 4 members (excludes halogenated alkanes) is 4. The SMILES string of the molecule is CCCCC/C=C\CC/C=C/C=C/C(=O)OCC. The Balaban J connectivity index is 3.45. The Morgan fingerprint density at radius 1 is 0.944 bits per heavy atom. The van der Waals surface area contributed by atoms with E-state index < -0.39 is 0 Å². The van der Waals surface area contributed by atoms with E-state index >= 15 is 0 Å². The van der Waals surface area contributed by atoms with Crippen LogP contribution in [0.25, 0.3) is 0 Å². The second-order valence-electron chi connectivity index (χ2n) is 4.08. The molecule has 0 fully saturated rings. The van der Waals surface area contributed by atoms with E-state index in [9.17, 15) is 4.79 Å². The molecule has 0 aromatic rings. The van der Waals surface area contributed by atoms with Crippen LogP contribution in [0.4, 0.5) is 0 Å². The van der Waals surface area contributed by atoms with Crippen LogP contribution >= 0.6 is 0 Å². The molecule has 102 valence electrons. The van der Waals surface area contributed by atoms with Crippen LogP contribution in [0.5, 0.6) is 0 Å². The lowest BCUT2D eigenvalue weighted by Gasteiger charge is -1.92. The summed E-state index contributed by atoms with van der Waals surface area (Å²) in [4.78, 5) is 10.9. The van der Waals surface area contributed by atoms with Gasteiger partial charge in [0.1, 0.15) is 0 Å². The van der Waals surface area contributed by atoms with Gasteiger partial charge in [0, 0.05) is 6.08 Å². The van der Waals surface area contributed by atoms with E-state index in [2.05, 4.69) is 25.2 Å². The Morgan fingerprint density at radius 2 is 1.67 bits per heavy atom. The minimum absolute atomic E-state index is 0.280. The Morgan fingerprint density at radius 3 is 2.39 bits per heavy atom. The molecule has 0 atom stereocenters. The number of hydrogen-bond donors (Lipinski definition) is 0. The zero-order valence-electron chi connectivity index (χ0n) is 11.7. The molecule has 0 radical (unpaired) electrons. The molecule has 2 nitrogen and oxygen atoms in total. The lowest BCUT2D eigenvalue weighted by Crippen LogP contribution is -1.98. The fourth-order valence-electron chi connectivity index (χ4n) is 1.44.